The number of urea groups is 1. The summed E-state index contributed by atoms with van der Waals surface area (Å²) in [6.45, 7) is 10.3. The van der Waals surface area contributed by atoms with Crippen molar-refractivity contribution in [1.29, 1.82) is 0 Å². The van der Waals surface area contributed by atoms with Gasteiger partial charge in [0.1, 0.15) is 5.76 Å². The van der Waals surface area contributed by atoms with Crippen molar-refractivity contribution in [1.82, 2.24) is 20.3 Å². The molecule has 24 heavy (non-hydrogen) atoms. The highest BCUT2D eigenvalue weighted by Gasteiger charge is 2.41. The molecule has 1 N–H and O–H groups in total. The van der Waals surface area contributed by atoms with E-state index in [1.165, 1.54) is 0 Å². The number of likely N-dealkylation sites (tertiary alicyclic amines) is 1. The number of rotatable bonds is 3. The molecule has 0 aromatic carbocycles. The summed E-state index contributed by atoms with van der Waals surface area (Å²) in [5.41, 5.74) is 0.940. The zero-order chi connectivity index (χ0) is 17.5. The predicted molar refractivity (Wildman–Crippen MR) is 88.7 cm³/mol. The van der Waals surface area contributed by atoms with Crippen LogP contribution in [0.15, 0.2) is 4.52 Å². The molecule has 3 amide bonds. The van der Waals surface area contributed by atoms with Crippen molar-refractivity contribution in [2.45, 2.75) is 52.0 Å². The van der Waals surface area contributed by atoms with Gasteiger partial charge in [-0.15, -0.1) is 0 Å². The summed E-state index contributed by atoms with van der Waals surface area (Å²) >= 11 is 0. The quantitative estimate of drug-likeness (QED) is 0.910. The Morgan fingerprint density at radius 1 is 1.33 bits per heavy atom. The number of hydrogen-bond donors (Lipinski definition) is 1. The molecule has 1 aromatic heterocycles. The highest BCUT2D eigenvalue weighted by molar-refractivity contribution is 5.88. The smallest absolute Gasteiger partial charge is 0.317 e. The molecule has 1 aromatic rings. The Balaban J connectivity index is 1.78. The van der Waals surface area contributed by atoms with E-state index < -0.39 is 5.41 Å². The van der Waals surface area contributed by atoms with Gasteiger partial charge in [0.05, 0.1) is 17.2 Å². The number of piperidine rings is 1. The molecule has 2 fully saturated rings. The van der Waals surface area contributed by atoms with E-state index in [0.717, 1.165) is 37.2 Å². The molecule has 2 aliphatic rings. The van der Waals surface area contributed by atoms with Gasteiger partial charge in [-0.05, 0) is 40.5 Å². The van der Waals surface area contributed by atoms with E-state index in [1.54, 1.807) is 0 Å². The van der Waals surface area contributed by atoms with Gasteiger partial charge in [-0.3, -0.25) is 4.79 Å². The number of carbonyl (C=O) groups is 2. The van der Waals surface area contributed by atoms with E-state index in [9.17, 15) is 9.59 Å². The Kier molecular flexibility index (Phi) is 4.27. The molecule has 132 valence electrons. The van der Waals surface area contributed by atoms with E-state index in [4.69, 9.17) is 4.52 Å². The largest absolute Gasteiger partial charge is 0.361 e. The number of carbonyl (C=O) groups excluding carboxylic acids is 2. The first-order valence-electron chi connectivity index (χ1n) is 8.59. The lowest BCUT2D eigenvalue weighted by Crippen LogP contribution is -2.54. The van der Waals surface area contributed by atoms with E-state index in [1.807, 2.05) is 37.5 Å². The molecule has 3 rings (SSSR count). The lowest BCUT2D eigenvalue weighted by molar-refractivity contribution is -0.138. The summed E-state index contributed by atoms with van der Waals surface area (Å²) in [4.78, 5) is 28.9. The third kappa shape index (κ3) is 2.76. The molecule has 7 nitrogen and oxygen atoms in total. The van der Waals surface area contributed by atoms with Gasteiger partial charge in [0.2, 0.25) is 5.91 Å². The maximum Gasteiger partial charge on any atom is 0.317 e. The van der Waals surface area contributed by atoms with Crippen molar-refractivity contribution in [2.75, 3.05) is 26.2 Å². The Morgan fingerprint density at radius 2 is 2.08 bits per heavy atom. The van der Waals surface area contributed by atoms with E-state index in [-0.39, 0.29) is 18.0 Å². The molecule has 1 unspecified atom stereocenters. The SMILES string of the molecule is Cc1noc(C)c1C(C)(C)C(=O)N1CCCC(N2CCNC2=O)C1. The van der Waals surface area contributed by atoms with Crippen LogP contribution in [0.5, 0.6) is 0 Å². The summed E-state index contributed by atoms with van der Waals surface area (Å²) in [7, 11) is 0. The van der Waals surface area contributed by atoms with Crippen LogP contribution >= 0.6 is 0 Å². The molecular formula is C17H26N4O3. The molecule has 2 aliphatic heterocycles. The summed E-state index contributed by atoms with van der Waals surface area (Å²) in [6.07, 6.45) is 1.86. The van der Waals surface area contributed by atoms with Gasteiger partial charge < -0.3 is 19.6 Å². The Hall–Kier alpha value is -2.05. The van der Waals surface area contributed by atoms with Crippen molar-refractivity contribution < 1.29 is 14.1 Å². The van der Waals surface area contributed by atoms with Crippen LogP contribution in [0.1, 0.15) is 43.7 Å². The molecule has 7 heteroatoms. The van der Waals surface area contributed by atoms with Crippen molar-refractivity contribution in [3.05, 3.63) is 17.0 Å². The van der Waals surface area contributed by atoms with E-state index >= 15 is 0 Å². The molecule has 0 radical (unpaired) electrons. The lowest BCUT2D eigenvalue weighted by Gasteiger charge is -2.40. The molecule has 0 saturated carbocycles. The summed E-state index contributed by atoms with van der Waals surface area (Å²) in [6, 6.07) is 0.0879. The van der Waals surface area contributed by atoms with Crippen LogP contribution in [0.25, 0.3) is 0 Å². The van der Waals surface area contributed by atoms with Crippen LogP contribution in [0.3, 0.4) is 0 Å². The first kappa shape index (κ1) is 16.8. The zero-order valence-electron chi connectivity index (χ0n) is 14.9. The lowest BCUT2D eigenvalue weighted by atomic mass is 9.81. The van der Waals surface area contributed by atoms with Gasteiger partial charge in [0.15, 0.2) is 0 Å². The van der Waals surface area contributed by atoms with Gasteiger partial charge in [-0.2, -0.15) is 0 Å². The van der Waals surface area contributed by atoms with Crippen molar-refractivity contribution in [2.24, 2.45) is 0 Å². The van der Waals surface area contributed by atoms with Gasteiger partial charge in [0, 0.05) is 31.7 Å². The summed E-state index contributed by atoms with van der Waals surface area (Å²) < 4.78 is 5.25. The number of nitrogens with zero attached hydrogens (tertiary/aromatic N) is 3. The highest BCUT2D eigenvalue weighted by atomic mass is 16.5. The van der Waals surface area contributed by atoms with Gasteiger partial charge in [-0.25, -0.2) is 4.79 Å². The number of hydrogen-bond acceptors (Lipinski definition) is 4. The minimum atomic E-state index is -0.691. The molecule has 2 saturated heterocycles. The first-order chi connectivity index (χ1) is 11.3. The molecule has 1 atom stereocenters. The molecule has 0 spiro atoms. The van der Waals surface area contributed by atoms with Gasteiger partial charge >= 0.3 is 6.03 Å². The van der Waals surface area contributed by atoms with E-state index in [0.29, 0.717) is 18.8 Å². The highest BCUT2D eigenvalue weighted by Crippen LogP contribution is 2.32. The van der Waals surface area contributed by atoms with Crippen LogP contribution in [0.4, 0.5) is 4.79 Å². The average Bonchev–Trinajstić information content (AvgIpc) is 3.12. The van der Waals surface area contributed by atoms with Crippen LogP contribution in [0.2, 0.25) is 0 Å². The number of nitrogens with one attached hydrogen (secondary N) is 1. The number of amides is 3. The van der Waals surface area contributed by atoms with E-state index in [2.05, 4.69) is 10.5 Å². The zero-order valence-corrected chi connectivity index (χ0v) is 14.9. The molecule has 0 aliphatic carbocycles. The second-order valence-corrected chi connectivity index (χ2v) is 7.30. The standard InChI is InChI=1S/C17H26N4O3/c1-11-14(12(2)24-19-11)17(3,4)15(22)20-8-5-6-13(10-20)21-9-7-18-16(21)23/h13H,5-10H2,1-4H3,(H,18,23). The molecule has 0 bridgehead atoms. The average molecular weight is 334 g/mol. The fraction of sp³-hybridized carbons (Fsp3) is 0.706. The van der Waals surface area contributed by atoms with Crippen LogP contribution in [-0.2, 0) is 10.2 Å². The van der Waals surface area contributed by atoms with Crippen LogP contribution < -0.4 is 5.32 Å². The normalized spacial score (nSPS) is 22.0. The predicted octanol–water partition coefficient (Wildman–Crippen LogP) is 1.59. The minimum absolute atomic E-state index is 0.0146. The third-order valence-electron chi connectivity index (χ3n) is 5.21. The van der Waals surface area contributed by atoms with Crippen molar-refractivity contribution in [3.63, 3.8) is 0 Å². The molecular weight excluding hydrogens is 308 g/mol. The first-order valence-corrected chi connectivity index (χ1v) is 8.59. The Morgan fingerprint density at radius 3 is 2.67 bits per heavy atom. The minimum Gasteiger partial charge on any atom is -0.361 e. The summed E-state index contributed by atoms with van der Waals surface area (Å²) in [5.74, 6) is 0.763. The fourth-order valence-electron chi connectivity index (χ4n) is 4.11. The van der Waals surface area contributed by atoms with Gasteiger partial charge in [0.25, 0.3) is 0 Å². The second-order valence-electron chi connectivity index (χ2n) is 7.30. The topological polar surface area (TPSA) is 78.7 Å². The number of aromatic nitrogens is 1. The van der Waals surface area contributed by atoms with Gasteiger partial charge in [-0.1, -0.05) is 5.16 Å². The molecule has 3 heterocycles. The van der Waals surface area contributed by atoms with Crippen molar-refractivity contribution in [3.8, 4) is 0 Å². The summed E-state index contributed by atoms with van der Waals surface area (Å²) in [5, 5.41) is 6.83. The maximum atomic E-state index is 13.2. The van der Waals surface area contributed by atoms with Crippen molar-refractivity contribution >= 4 is 11.9 Å². The fourth-order valence-corrected chi connectivity index (χ4v) is 4.11. The Labute approximate surface area is 142 Å². The maximum absolute atomic E-state index is 13.2. The van der Waals surface area contributed by atoms with Crippen LogP contribution in [-0.4, -0.2) is 59.1 Å². The number of aryl methyl sites for hydroxylation is 2. The monoisotopic (exact) mass is 334 g/mol. The van der Waals surface area contributed by atoms with Crippen LogP contribution in [0, 0.1) is 13.8 Å². The second kappa shape index (κ2) is 6.11. The third-order valence-corrected chi connectivity index (χ3v) is 5.21. The Bertz CT molecular complexity index is 633.